The summed E-state index contributed by atoms with van der Waals surface area (Å²) < 4.78 is 6.14. The maximum atomic E-state index is 5.02. The average Bonchev–Trinajstić information content (AvgIpc) is 2.15. The van der Waals surface area contributed by atoms with Gasteiger partial charge in [0.2, 0.25) is 0 Å². The summed E-state index contributed by atoms with van der Waals surface area (Å²) >= 11 is 3.51. The number of para-hydroxylation sites is 1. The van der Waals surface area contributed by atoms with Gasteiger partial charge < -0.3 is 9.64 Å². The minimum Gasteiger partial charge on any atom is -0.383 e. The van der Waals surface area contributed by atoms with E-state index in [0.29, 0.717) is 0 Å². The Morgan fingerprint density at radius 1 is 1.38 bits per heavy atom. The molecule has 0 aliphatic carbocycles. The Morgan fingerprint density at radius 2 is 2.08 bits per heavy atom. The highest BCUT2D eigenvalue weighted by Gasteiger charge is 2.02. The van der Waals surface area contributed by atoms with Crippen molar-refractivity contribution in [3.8, 4) is 0 Å². The molecular weight excluding hydrogens is 230 g/mol. The Morgan fingerprint density at radius 3 is 2.69 bits per heavy atom. The smallest absolute Gasteiger partial charge is 0.0637 e. The Labute approximate surface area is 87.6 Å². The molecule has 1 aromatic carbocycles. The number of nitrogens with zero attached hydrogens (tertiary/aromatic N) is 1. The van der Waals surface area contributed by atoms with Gasteiger partial charge in [-0.15, -0.1) is 0 Å². The zero-order valence-corrected chi connectivity index (χ0v) is 9.54. The molecule has 0 aliphatic heterocycles. The van der Waals surface area contributed by atoms with Gasteiger partial charge in [0.15, 0.2) is 0 Å². The topological polar surface area (TPSA) is 12.5 Å². The highest BCUT2D eigenvalue weighted by Crippen LogP contribution is 2.24. The number of methoxy groups -OCH3 is 1. The molecule has 72 valence electrons. The third kappa shape index (κ3) is 3.01. The lowest BCUT2D eigenvalue weighted by molar-refractivity contribution is 0.206. The van der Waals surface area contributed by atoms with Gasteiger partial charge in [-0.05, 0) is 28.1 Å². The predicted octanol–water partition coefficient (Wildman–Crippen LogP) is 2.53. The molecule has 0 aromatic heterocycles. The third-order valence-electron chi connectivity index (χ3n) is 1.89. The fourth-order valence-corrected chi connectivity index (χ4v) is 1.70. The van der Waals surface area contributed by atoms with E-state index in [1.54, 1.807) is 7.11 Å². The molecule has 3 heteroatoms. The van der Waals surface area contributed by atoms with Gasteiger partial charge in [0, 0.05) is 25.2 Å². The van der Waals surface area contributed by atoms with Gasteiger partial charge in [0.05, 0.1) is 12.3 Å². The van der Waals surface area contributed by atoms with Crippen molar-refractivity contribution in [1.82, 2.24) is 0 Å². The maximum Gasteiger partial charge on any atom is 0.0637 e. The minimum absolute atomic E-state index is 0.748. The minimum atomic E-state index is 0.748. The van der Waals surface area contributed by atoms with Crippen molar-refractivity contribution >= 4 is 21.6 Å². The van der Waals surface area contributed by atoms with Gasteiger partial charge in [-0.3, -0.25) is 0 Å². The summed E-state index contributed by atoms with van der Waals surface area (Å²) in [5.74, 6) is 0. The van der Waals surface area contributed by atoms with Crippen LogP contribution in [-0.4, -0.2) is 27.3 Å². The van der Waals surface area contributed by atoms with E-state index in [1.807, 2.05) is 18.2 Å². The monoisotopic (exact) mass is 243 g/mol. The molecule has 0 N–H and O–H groups in total. The first-order valence-corrected chi connectivity index (χ1v) is 4.99. The Hall–Kier alpha value is -0.540. The van der Waals surface area contributed by atoms with Crippen molar-refractivity contribution in [2.45, 2.75) is 0 Å². The molecular formula is C10H14BrNO. The lowest BCUT2D eigenvalue weighted by Gasteiger charge is -2.19. The molecule has 0 saturated carbocycles. The first-order valence-electron chi connectivity index (χ1n) is 4.20. The fraction of sp³-hybridized carbons (Fsp3) is 0.400. The summed E-state index contributed by atoms with van der Waals surface area (Å²) in [7, 11) is 3.77. The van der Waals surface area contributed by atoms with E-state index in [1.165, 1.54) is 5.69 Å². The number of anilines is 1. The van der Waals surface area contributed by atoms with Crippen LogP contribution < -0.4 is 4.90 Å². The SMILES string of the molecule is COCCN(C)c1ccccc1Br. The lowest BCUT2D eigenvalue weighted by atomic mass is 10.3. The van der Waals surface area contributed by atoms with Gasteiger partial charge in [0.1, 0.15) is 0 Å². The molecule has 0 aliphatic rings. The summed E-state index contributed by atoms with van der Waals surface area (Å²) in [5, 5.41) is 0. The van der Waals surface area contributed by atoms with E-state index in [9.17, 15) is 0 Å². The summed E-state index contributed by atoms with van der Waals surface area (Å²) in [6.07, 6.45) is 0. The molecule has 1 rings (SSSR count). The Kier molecular flexibility index (Phi) is 4.25. The van der Waals surface area contributed by atoms with Crippen molar-refractivity contribution in [2.75, 3.05) is 32.2 Å². The maximum absolute atomic E-state index is 5.02. The summed E-state index contributed by atoms with van der Waals surface area (Å²) in [6, 6.07) is 8.17. The van der Waals surface area contributed by atoms with E-state index in [4.69, 9.17) is 4.74 Å². The first kappa shape index (κ1) is 10.5. The highest BCUT2D eigenvalue weighted by atomic mass is 79.9. The second-order valence-corrected chi connectivity index (χ2v) is 3.72. The molecule has 0 radical (unpaired) electrons. The molecule has 0 saturated heterocycles. The van der Waals surface area contributed by atoms with Crippen molar-refractivity contribution in [3.05, 3.63) is 28.7 Å². The number of rotatable bonds is 4. The molecule has 13 heavy (non-hydrogen) atoms. The molecule has 0 heterocycles. The van der Waals surface area contributed by atoms with Crippen LogP contribution in [-0.2, 0) is 4.74 Å². The summed E-state index contributed by atoms with van der Waals surface area (Å²) in [6.45, 7) is 1.65. The summed E-state index contributed by atoms with van der Waals surface area (Å²) in [5.41, 5.74) is 1.19. The van der Waals surface area contributed by atoms with Crippen LogP contribution in [0, 0.1) is 0 Å². The molecule has 0 fully saturated rings. The van der Waals surface area contributed by atoms with E-state index >= 15 is 0 Å². The van der Waals surface area contributed by atoms with Crippen molar-refractivity contribution in [2.24, 2.45) is 0 Å². The summed E-state index contributed by atoms with van der Waals surface area (Å²) in [4.78, 5) is 2.16. The number of hydrogen-bond acceptors (Lipinski definition) is 2. The van der Waals surface area contributed by atoms with Gasteiger partial charge in [0.25, 0.3) is 0 Å². The van der Waals surface area contributed by atoms with Crippen LogP contribution >= 0.6 is 15.9 Å². The normalized spacial score (nSPS) is 10.1. The second kappa shape index (κ2) is 5.25. The molecule has 0 amide bonds. The number of likely N-dealkylation sites (N-methyl/N-ethyl adjacent to an activating group) is 1. The molecule has 0 atom stereocenters. The van der Waals surface area contributed by atoms with Crippen LogP contribution in [0.5, 0.6) is 0 Å². The molecule has 1 aromatic rings. The lowest BCUT2D eigenvalue weighted by Crippen LogP contribution is -2.22. The van der Waals surface area contributed by atoms with Crippen molar-refractivity contribution < 1.29 is 4.74 Å². The Bertz CT molecular complexity index is 265. The molecule has 0 spiro atoms. The van der Waals surface area contributed by atoms with Crippen LogP contribution in [0.25, 0.3) is 0 Å². The molecule has 0 bridgehead atoms. The standard InChI is InChI=1S/C10H14BrNO/c1-12(7-8-13-2)10-6-4-3-5-9(10)11/h3-6H,7-8H2,1-2H3. The van der Waals surface area contributed by atoms with Crippen LogP contribution in [0.3, 0.4) is 0 Å². The fourth-order valence-electron chi connectivity index (χ4n) is 1.11. The highest BCUT2D eigenvalue weighted by molar-refractivity contribution is 9.10. The largest absolute Gasteiger partial charge is 0.383 e. The van der Waals surface area contributed by atoms with Gasteiger partial charge in [-0.25, -0.2) is 0 Å². The van der Waals surface area contributed by atoms with Crippen molar-refractivity contribution in [1.29, 1.82) is 0 Å². The molecule has 2 nitrogen and oxygen atoms in total. The number of ether oxygens (including phenoxy) is 1. The number of hydrogen-bond donors (Lipinski definition) is 0. The van der Waals surface area contributed by atoms with Crippen LogP contribution in [0.2, 0.25) is 0 Å². The van der Waals surface area contributed by atoms with Crippen LogP contribution in [0.1, 0.15) is 0 Å². The van der Waals surface area contributed by atoms with Gasteiger partial charge >= 0.3 is 0 Å². The van der Waals surface area contributed by atoms with Gasteiger partial charge in [-0.2, -0.15) is 0 Å². The van der Waals surface area contributed by atoms with E-state index in [0.717, 1.165) is 17.6 Å². The zero-order valence-electron chi connectivity index (χ0n) is 7.96. The third-order valence-corrected chi connectivity index (χ3v) is 2.57. The second-order valence-electron chi connectivity index (χ2n) is 2.87. The van der Waals surface area contributed by atoms with Crippen LogP contribution in [0.15, 0.2) is 28.7 Å². The molecule has 0 unspecified atom stereocenters. The van der Waals surface area contributed by atoms with Crippen LogP contribution in [0.4, 0.5) is 5.69 Å². The Balaban J connectivity index is 2.65. The first-order chi connectivity index (χ1) is 6.25. The zero-order chi connectivity index (χ0) is 9.68. The van der Waals surface area contributed by atoms with E-state index in [-0.39, 0.29) is 0 Å². The average molecular weight is 244 g/mol. The van der Waals surface area contributed by atoms with E-state index < -0.39 is 0 Å². The van der Waals surface area contributed by atoms with Crippen molar-refractivity contribution in [3.63, 3.8) is 0 Å². The number of halogens is 1. The quantitative estimate of drug-likeness (QED) is 0.806. The number of benzene rings is 1. The van der Waals surface area contributed by atoms with E-state index in [2.05, 4.69) is 33.9 Å². The van der Waals surface area contributed by atoms with Gasteiger partial charge in [-0.1, -0.05) is 12.1 Å². The predicted molar refractivity (Wildman–Crippen MR) is 59.3 cm³/mol.